The van der Waals surface area contributed by atoms with Gasteiger partial charge in [-0.15, -0.1) is 11.3 Å². The standard InChI is InChI=1S/C12H13NOS/c1-7(2)12-13-9-3-4-10-8(5-6-14-10)11(9)15-12/h3-4,7H,5-6H2,1-2H3. The second-order valence-electron chi connectivity index (χ2n) is 4.20. The van der Waals surface area contributed by atoms with Gasteiger partial charge in [-0.2, -0.15) is 0 Å². The summed E-state index contributed by atoms with van der Waals surface area (Å²) in [6, 6.07) is 4.12. The zero-order valence-corrected chi connectivity index (χ0v) is 9.73. The normalized spacial score (nSPS) is 14.6. The van der Waals surface area contributed by atoms with Crippen LogP contribution in [0.15, 0.2) is 12.1 Å². The Hall–Kier alpha value is -1.09. The monoisotopic (exact) mass is 219 g/mol. The topological polar surface area (TPSA) is 22.1 Å². The smallest absolute Gasteiger partial charge is 0.124 e. The molecular weight excluding hydrogens is 206 g/mol. The van der Waals surface area contributed by atoms with Crippen LogP contribution in [0, 0.1) is 0 Å². The maximum atomic E-state index is 5.56. The van der Waals surface area contributed by atoms with Gasteiger partial charge >= 0.3 is 0 Å². The summed E-state index contributed by atoms with van der Waals surface area (Å²) in [4.78, 5) is 4.65. The lowest BCUT2D eigenvalue weighted by atomic mass is 10.1. The first-order chi connectivity index (χ1) is 7.25. The highest BCUT2D eigenvalue weighted by atomic mass is 32.1. The molecule has 2 nitrogen and oxygen atoms in total. The van der Waals surface area contributed by atoms with E-state index in [9.17, 15) is 0 Å². The van der Waals surface area contributed by atoms with Gasteiger partial charge < -0.3 is 4.74 Å². The molecule has 0 N–H and O–H groups in total. The quantitative estimate of drug-likeness (QED) is 0.733. The van der Waals surface area contributed by atoms with E-state index < -0.39 is 0 Å². The minimum Gasteiger partial charge on any atom is -0.493 e. The fourth-order valence-electron chi connectivity index (χ4n) is 1.93. The van der Waals surface area contributed by atoms with E-state index >= 15 is 0 Å². The van der Waals surface area contributed by atoms with Crippen molar-refractivity contribution < 1.29 is 4.74 Å². The Bertz CT molecular complexity index is 516. The molecule has 2 aromatic rings. The molecule has 78 valence electrons. The molecule has 1 aliphatic rings. The third-order valence-corrected chi connectivity index (χ3v) is 4.17. The van der Waals surface area contributed by atoms with Gasteiger partial charge in [-0.3, -0.25) is 0 Å². The van der Waals surface area contributed by atoms with Gasteiger partial charge in [0.05, 0.1) is 21.8 Å². The van der Waals surface area contributed by atoms with E-state index in [0.717, 1.165) is 24.3 Å². The molecule has 0 spiro atoms. The Labute approximate surface area is 92.9 Å². The van der Waals surface area contributed by atoms with Crippen LogP contribution in [0.1, 0.15) is 30.3 Å². The van der Waals surface area contributed by atoms with Crippen molar-refractivity contribution in [1.82, 2.24) is 4.98 Å². The fourth-order valence-corrected chi connectivity index (χ4v) is 3.06. The molecule has 2 heterocycles. The average molecular weight is 219 g/mol. The van der Waals surface area contributed by atoms with Crippen LogP contribution < -0.4 is 4.74 Å². The van der Waals surface area contributed by atoms with Gasteiger partial charge in [-0.1, -0.05) is 13.8 Å². The van der Waals surface area contributed by atoms with Gasteiger partial charge in [0, 0.05) is 17.9 Å². The van der Waals surface area contributed by atoms with Crippen molar-refractivity contribution in [3.63, 3.8) is 0 Å². The van der Waals surface area contributed by atoms with Gasteiger partial charge in [-0.25, -0.2) is 4.98 Å². The fraction of sp³-hybridized carbons (Fsp3) is 0.417. The maximum absolute atomic E-state index is 5.56. The summed E-state index contributed by atoms with van der Waals surface area (Å²) in [5, 5.41) is 1.23. The summed E-state index contributed by atoms with van der Waals surface area (Å²) >= 11 is 1.82. The highest BCUT2D eigenvalue weighted by Crippen LogP contribution is 2.37. The lowest BCUT2D eigenvalue weighted by Gasteiger charge is -1.97. The van der Waals surface area contributed by atoms with Crippen molar-refractivity contribution in [2.45, 2.75) is 26.2 Å². The van der Waals surface area contributed by atoms with E-state index in [2.05, 4.69) is 31.0 Å². The number of hydrogen-bond donors (Lipinski definition) is 0. The van der Waals surface area contributed by atoms with Crippen molar-refractivity contribution in [2.24, 2.45) is 0 Å². The summed E-state index contributed by atoms with van der Waals surface area (Å²) in [5.74, 6) is 1.57. The molecule has 1 aliphatic heterocycles. The molecule has 0 atom stereocenters. The average Bonchev–Trinajstić information content (AvgIpc) is 2.82. The van der Waals surface area contributed by atoms with Gasteiger partial charge in [0.25, 0.3) is 0 Å². The summed E-state index contributed by atoms with van der Waals surface area (Å²) in [6.07, 6.45) is 1.03. The highest BCUT2D eigenvalue weighted by molar-refractivity contribution is 7.18. The number of ether oxygens (including phenoxy) is 1. The van der Waals surface area contributed by atoms with Gasteiger partial charge in [0.2, 0.25) is 0 Å². The van der Waals surface area contributed by atoms with Gasteiger partial charge in [0.1, 0.15) is 5.75 Å². The maximum Gasteiger partial charge on any atom is 0.124 e. The molecule has 15 heavy (non-hydrogen) atoms. The molecule has 0 amide bonds. The van der Waals surface area contributed by atoms with Gasteiger partial charge in [-0.05, 0) is 12.1 Å². The first-order valence-electron chi connectivity index (χ1n) is 5.31. The second kappa shape index (κ2) is 3.20. The highest BCUT2D eigenvalue weighted by Gasteiger charge is 2.18. The zero-order chi connectivity index (χ0) is 10.4. The molecule has 3 rings (SSSR count). The Balaban J connectivity index is 2.27. The number of hydrogen-bond acceptors (Lipinski definition) is 3. The molecule has 0 radical (unpaired) electrons. The number of aromatic nitrogens is 1. The number of rotatable bonds is 1. The first-order valence-corrected chi connectivity index (χ1v) is 6.12. The number of benzene rings is 1. The van der Waals surface area contributed by atoms with Crippen molar-refractivity contribution in [1.29, 1.82) is 0 Å². The Kier molecular flexibility index (Phi) is 1.96. The van der Waals surface area contributed by atoms with Crippen LogP contribution in [-0.2, 0) is 6.42 Å². The van der Waals surface area contributed by atoms with Crippen LogP contribution in [0.3, 0.4) is 0 Å². The van der Waals surface area contributed by atoms with Crippen molar-refractivity contribution in [3.8, 4) is 5.75 Å². The summed E-state index contributed by atoms with van der Waals surface area (Å²) in [6.45, 7) is 5.20. The summed E-state index contributed by atoms with van der Waals surface area (Å²) in [5.41, 5.74) is 2.49. The zero-order valence-electron chi connectivity index (χ0n) is 8.91. The van der Waals surface area contributed by atoms with Crippen molar-refractivity contribution in [3.05, 3.63) is 22.7 Å². The summed E-state index contributed by atoms with van der Waals surface area (Å²) < 4.78 is 6.88. The summed E-state index contributed by atoms with van der Waals surface area (Å²) in [7, 11) is 0. The van der Waals surface area contributed by atoms with Crippen LogP contribution in [0.4, 0.5) is 0 Å². The van der Waals surface area contributed by atoms with Crippen LogP contribution in [0.5, 0.6) is 5.75 Å². The molecule has 3 heteroatoms. The molecule has 0 unspecified atom stereocenters. The number of thiazole rings is 1. The van der Waals surface area contributed by atoms with E-state index in [1.54, 1.807) is 0 Å². The Morgan fingerprint density at radius 3 is 3.07 bits per heavy atom. The second-order valence-corrected chi connectivity index (χ2v) is 5.23. The minimum absolute atomic E-state index is 0.514. The SMILES string of the molecule is CC(C)c1nc2ccc3c(c2s1)CCO3. The third-order valence-electron chi connectivity index (χ3n) is 2.74. The lowest BCUT2D eigenvalue weighted by Crippen LogP contribution is -1.85. The van der Waals surface area contributed by atoms with E-state index in [1.807, 2.05) is 11.3 Å². The van der Waals surface area contributed by atoms with E-state index in [0.29, 0.717) is 5.92 Å². The predicted molar refractivity (Wildman–Crippen MR) is 62.9 cm³/mol. The van der Waals surface area contributed by atoms with Crippen LogP contribution in [-0.4, -0.2) is 11.6 Å². The van der Waals surface area contributed by atoms with E-state index in [4.69, 9.17) is 4.74 Å². The molecule has 0 aliphatic carbocycles. The third kappa shape index (κ3) is 1.34. The Morgan fingerprint density at radius 2 is 2.27 bits per heavy atom. The molecule has 1 aromatic carbocycles. The van der Waals surface area contributed by atoms with Gasteiger partial charge in [0.15, 0.2) is 0 Å². The number of nitrogens with zero attached hydrogens (tertiary/aromatic N) is 1. The number of fused-ring (bicyclic) bond motifs is 3. The predicted octanol–water partition coefficient (Wildman–Crippen LogP) is 3.35. The first kappa shape index (κ1) is 9.16. The molecule has 0 saturated carbocycles. The Morgan fingerprint density at radius 1 is 1.40 bits per heavy atom. The molecule has 0 fully saturated rings. The molecular formula is C12H13NOS. The van der Waals surface area contributed by atoms with Crippen molar-refractivity contribution >= 4 is 21.6 Å². The van der Waals surface area contributed by atoms with Crippen LogP contribution in [0.25, 0.3) is 10.2 Å². The van der Waals surface area contributed by atoms with E-state index in [-0.39, 0.29) is 0 Å². The van der Waals surface area contributed by atoms with Crippen molar-refractivity contribution in [2.75, 3.05) is 6.61 Å². The molecule has 0 bridgehead atoms. The molecule has 1 aromatic heterocycles. The largest absolute Gasteiger partial charge is 0.493 e. The lowest BCUT2D eigenvalue weighted by molar-refractivity contribution is 0.357. The van der Waals surface area contributed by atoms with E-state index in [1.165, 1.54) is 15.3 Å². The molecule has 0 saturated heterocycles. The van der Waals surface area contributed by atoms with Crippen LogP contribution >= 0.6 is 11.3 Å². The minimum atomic E-state index is 0.514. The van der Waals surface area contributed by atoms with Crippen LogP contribution in [0.2, 0.25) is 0 Å².